The molecule has 2 heterocycles. The van der Waals surface area contributed by atoms with Crippen molar-refractivity contribution in [2.24, 2.45) is 22.7 Å². The number of carbonyl (C=O) groups is 2. The number of aryl methyl sites for hydroxylation is 1. The molecule has 2 aliphatic carbocycles. The number of aromatic nitrogens is 2. The van der Waals surface area contributed by atoms with Crippen LogP contribution < -0.4 is 0 Å². The molecule has 1 atom stereocenters. The molecule has 1 aliphatic heterocycles. The van der Waals surface area contributed by atoms with Crippen molar-refractivity contribution in [3.63, 3.8) is 0 Å². The van der Waals surface area contributed by atoms with Crippen molar-refractivity contribution in [1.82, 2.24) is 14.7 Å². The van der Waals surface area contributed by atoms with E-state index in [-0.39, 0.29) is 28.4 Å². The molecule has 0 N–H and O–H groups in total. The van der Waals surface area contributed by atoms with Crippen molar-refractivity contribution in [3.8, 4) is 0 Å². The Kier molecular flexibility index (Phi) is 6.05. The number of amides is 2. The lowest BCUT2D eigenvalue weighted by atomic mass is 9.73. The van der Waals surface area contributed by atoms with E-state index in [0.29, 0.717) is 37.5 Å². The second kappa shape index (κ2) is 8.34. The Hall–Kier alpha value is -1.70. The zero-order valence-electron chi connectivity index (χ0n) is 19.3. The van der Waals surface area contributed by atoms with Crippen molar-refractivity contribution in [1.29, 1.82) is 0 Å². The molecule has 0 spiro atoms. The molecule has 1 saturated heterocycles. The van der Waals surface area contributed by atoms with E-state index in [4.69, 9.17) is 0 Å². The van der Waals surface area contributed by atoms with Crippen LogP contribution in [0.25, 0.3) is 0 Å². The topological polar surface area (TPSA) is 84.6 Å². The normalized spacial score (nSPS) is 24.6. The van der Waals surface area contributed by atoms with Crippen molar-refractivity contribution < 1.29 is 13.8 Å². The second-order valence-electron chi connectivity index (χ2n) is 10.6. The number of nitrogens with zero attached hydrogens (tertiary/aromatic N) is 4. The largest absolute Gasteiger partial charge is 0.337 e. The molecule has 0 aromatic carbocycles. The standard InChI is InChI=1S/C23H36N4O3S/c1-23(2)11-7-17(8-12-23)21(28)25-31(4,30)18-9-13-27(14-10-18)22(29)20-15-19(16-5-6-16)24-26(20)3/h15-18H,5-14H2,1-4H3. The smallest absolute Gasteiger partial charge is 0.272 e. The zero-order valence-corrected chi connectivity index (χ0v) is 20.1. The van der Waals surface area contributed by atoms with Gasteiger partial charge in [0.15, 0.2) is 0 Å². The van der Waals surface area contributed by atoms with Gasteiger partial charge in [-0.2, -0.15) is 9.46 Å². The monoisotopic (exact) mass is 448 g/mol. The van der Waals surface area contributed by atoms with Crippen LogP contribution in [0.15, 0.2) is 10.4 Å². The van der Waals surface area contributed by atoms with Gasteiger partial charge >= 0.3 is 0 Å². The van der Waals surface area contributed by atoms with E-state index >= 15 is 0 Å². The van der Waals surface area contributed by atoms with Crippen molar-refractivity contribution in [2.75, 3.05) is 19.3 Å². The molecule has 2 saturated carbocycles. The van der Waals surface area contributed by atoms with Gasteiger partial charge in [-0.05, 0) is 62.8 Å². The summed E-state index contributed by atoms with van der Waals surface area (Å²) < 4.78 is 19.2. The first kappa shape index (κ1) is 22.5. The maximum atomic E-state index is 13.3. The fourth-order valence-corrected chi connectivity index (χ4v) is 6.64. The summed E-state index contributed by atoms with van der Waals surface area (Å²) in [7, 11) is -0.790. The molecule has 2 amide bonds. The fraction of sp³-hybridized carbons (Fsp3) is 0.783. The molecule has 1 aromatic rings. The Balaban J connectivity index is 1.36. The number of hydrogen-bond donors (Lipinski definition) is 0. The molecular formula is C23H36N4O3S. The number of piperidine rings is 1. The minimum absolute atomic E-state index is 0.0132. The average Bonchev–Trinajstić information content (AvgIpc) is 3.49. The van der Waals surface area contributed by atoms with Gasteiger partial charge in [0.05, 0.1) is 15.4 Å². The quantitative estimate of drug-likeness (QED) is 0.702. The molecule has 1 aromatic heterocycles. The van der Waals surface area contributed by atoms with Gasteiger partial charge in [-0.3, -0.25) is 14.3 Å². The summed E-state index contributed by atoms with van der Waals surface area (Å²) in [5, 5.41) is 4.36. The van der Waals surface area contributed by atoms with Crippen LogP contribution in [0.1, 0.15) is 87.3 Å². The minimum atomic E-state index is -2.61. The SMILES string of the molecule is Cn1nc(C2CC2)cc1C(=O)N1CCC(S(C)(=O)=NC(=O)C2CCC(C)(C)CC2)CC1. The molecule has 3 fully saturated rings. The maximum Gasteiger partial charge on any atom is 0.272 e. The zero-order chi connectivity index (χ0) is 22.4. The highest BCUT2D eigenvalue weighted by atomic mass is 32.2. The van der Waals surface area contributed by atoms with Gasteiger partial charge in [-0.15, -0.1) is 0 Å². The van der Waals surface area contributed by atoms with Gasteiger partial charge in [0.2, 0.25) is 0 Å². The van der Waals surface area contributed by atoms with Crippen LogP contribution in [-0.2, 0) is 21.6 Å². The molecule has 31 heavy (non-hydrogen) atoms. The number of carbonyl (C=O) groups excluding carboxylic acids is 2. The van der Waals surface area contributed by atoms with Crippen LogP contribution in [0.2, 0.25) is 0 Å². The molecule has 7 nitrogen and oxygen atoms in total. The predicted octanol–water partition coefficient (Wildman–Crippen LogP) is 3.74. The first-order chi connectivity index (χ1) is 14.6. The first-order valence-electron chi connectivity index (χ1n) is 11.6. The minimum Gasteiger partial charge on any atom is -0.337 e. The van der Waals surface area contributed by atoms with Crippen molar-refractivity contribution in [2.45, 2.75) is 76.4 Å². The lowest BCUT2D eigenvalue weighted by Gasteiger charge is -2.34. The van der Waals surface area contributed by atoms with Crippen LogP contribution in [0.4, 0.5) is 0 Å². The summed E-state index contributed by atoms with van der Waals surface area (Å²) in [4.78, 5) is 27.5. The summed E-state index contributed by atoms with van der Waals surface area (Å²) in [5.41, 5.74) is 1.93. The third kappa shape index (κ3) is 5.04. The first-order valence-corrected chi connectivity index (χ1v) is 13.6. The molecule has 8 heteroatoms. The third-order valence-corrected chi connectivity index (χ3v) is 9.67. The van der Waals surface area contributed by atoms with E-state index in [2.05, 4.69) is 23.3 Å². The van der Waals surface area contributed by atoms with Crippen LogP contribution in [-0.4, -0.2) is 55.3 Å². The van der Waals surface area contributed by atoms with Gasteiger partial charge in [-0.25, -0.2) is 4.21 Å². The van der Waals surface area contributed by atoms with E-state index in [1.807, 2.05) is 18.0 Å². The Labute approximate surface area is 186 Å². The Morgan fingerprint density at radius 3 is 2.29 bits per heavy atom. The highest BCUT2D eigenvalue weighted by Crippen LogP contribution is 2.40. The molecule has 1 unspecified atom stereocenters. The lowest BCUT2D eigenvalue weighted by molar-refractivity contribution is -0.122. The van der Waals surface area contributed by atoms with Gasteiger partial charge < -0.3 is 4.90 Å². The van der Waals surface area contributed by atoms with E-state index < -0.39 is 9.73 Å². The van der Waals surface area contributed by atoms with E-state index in [1.54, 1.807) is 10.9 Å². The summed E-state index contributed by atoms with van der Waals surface area (Å²) in [5.74, 6) is 0.239. The molecule has 3 aliphatic rings. The van der Waals surface area contributed by atoms with Crippen LogP contribution in [0, 0.1) is 11.3 Å². The van der Waals surface area contributed by atoms with Gasteiger partial charge in [0.1, 0.15) is 5.69 Å². The van der Waals surface area contributed by atoms with Gasteiger partial charge in [0, 0.05) is 43.5 Å². The Morgan fingerprint density at radius 2 is 1.71 bits per heavy atom. The third-order valence-electron chi connectivity index (χ3n) is 7.42. The highest BCUT2D eigenvalue weighted by Gasteiger charge is 2.34. The molecule has 0 radical (unpaired) electrons. The summed E-state index contributed by atoms with van der Waals surface area (Å²) in [6, 6.07) is 1.93. The Bertz CT molecular complexity index is 967. The summed E-state index contributed by atoms with van der Waals surface area (Å²) >= 11 is 0. The maximum absolute atomic E-state index is 13.3. The average molecular weight is 449 g/mol. The van der Waals surface area contributed by atoms with Gasteiger partial charge in [-0.1, -0.05) is 13.8 Å². The Morgan fingerprint density at radius 1 is 1.10 bits per heavy atom. The fourth-order valence-electron chi connectivity index (χ4n) is 4.90. The number of likely N-dealkylation sites (tertiary alicyclic amines) is 1. The van der Waals surface area contributed by atoms with Crippen LogP contribution in [0.3, 0.4) is 0 Å². The van der Waals surface area contributed by atoms with Crippen molar-refractivity contribution in [3.05, 3.63) is 17.5 Å². The summed E-state index contributed by atoms with van der Waals surface area (Å²) in [6.07, 6.45) is 8.87. The van der Waals surface area contributed by atoms with E-state index in [9.17, 15) is 13.8 Å². The van der Waals surface area contributed by atoms with Crippen LogP contribution >= 0.6 is 0 Å². The number of hydrogen-bond acceptors (Lipinski definition) is 4. The highest BCUT2D eigenvalue weighted by molar-refractivity contribution is 7.93. The molecule has 0 bridgehead atoms. The molecule has 4 rings (SSSR count). The van der Waals surface area contributed by atoms with E-state index in [1.165, 1.54) is 0 Å². The summed E-state index contributed by atoms with van der Waals surface area (Å²) in [6.45, 7) is 5.56. The number of rotatable bonds is 4. The molecular weight excluding hydrogens is 412 g/mol. The van der Waals surface area contributed by atoms with E-state index in [0.717, 1.165) is 44.2 Å². The lowest BCUT2D eigenvalue weighted by Crippen LogP contribution is -2.43. The van der Waals surface area contributed by atoms with Crippen LogP contribution in [0.5, 0.6) is 0 Å². The predicted molar refractivity (Wildman–Crippen MR) is 121 cm³/mol. The van der Waals surface area contributed by atoms with Gasteiger partial charge in [0.25, 0.3) is 11.8 Å². The van der Waals surface area contributed by atoms with Crippen molar-refractivity contribution >= 4 is 21.5 Å². The second-order valence-corrected chi connectivity index (χ2v) is 13.1. The molecule has 172 valence electrons.